The molecule has 0 bridgehead atoms. The summed E-state index contributed by atoms with van der Waals surface area (Å²) in [6.45, 7) is 2.32. The highest BCUT2D eigenvalue weighted by atomic mass is 16.1. The van der Waals surface area contributed by atoms with E-state index in [0.29, 0.717) is 18.8 Å². The monoisotopic (exact) mass is 172 g/mol. The summed E-state index contributed by atoms with van der Waals surface area (Å²) in [5.41, 5.74) is 15.6. The first kappa shape index (κ1) is 10.9. The Bertz CT molecular complexity index is 174. The summed E-state index contributed by atoms with van der Waals surface area (Å²) >= 11 is 0. The standard InChI is InChI=1S/C7H16N4O/c1-5(8)11-4-2-3-6(9)7(10)12/h6H,2-4,9H2,1H3,(H2,8,11)(H2,10,12)/t6-/m0/s1. The number of nitrogens with two attached hydrogens (primary N) is 3. The first-order valence-electron chi connectivity index (χ1n) is 3.85. The fraction of sp³-hybridized carbons (Fsp3) is 0.714. The fourth-order valence-corrected chi connectivity index (χ4v) is 0.709. The summed E-state index contributed by atoms with van der Waals surface area (Å²) in [5, 5.41) is 0. The van der Waals surface area contributed by atoms with Crippen LogP contribution in [-0.2, 0) is 4.79 Å². The molecule has 70 valence electrons. The van der Waals surface area contributed by atoms with Gasteiger partial charge in [-0.1, -0.05) is 0 Å². The second kappa shape index (κ2) is 5.54. The lowest BCUT2D eigenvalue weighted by Crippen LogP contribution is -2.36. The zero-order valence-electron chi connectivity index (χ0n) is 7.29. The molecule has 0 aromatic rings. The van der Waals surface area contributed by atoms with Gasteiger partial charge in [-0.25, -0.2) is 0 Å². The minimum atomic E-state index is -0.557. The topological polar surface area (TPSA) is 107 Å². The molecule has 0 aliphatic rings. The highest BCUT2D eigenvalue weighted by Crippen LogP contribution is 1.93. The van der Waals surface area contributed by atoms with Gasteiger partial charge in [-0.2, -0.15) is 0 Å². The number of primary amides is 1. The molecule has 0 aliphatic carbocycles. The van der Waals surface area contributed by atoms with Crippen LogP contribution >= 0.6 is 0 Å². The summed E-state index contributed by atoms with van der Waals surface area (Å²) in [6, 6.07) is -0.557. The van der Waals surface area contributed by atoms with E-state index in [9.17, 15) is 4.79 Å². The summed E-state index contributed by atoms with van der Waals surface area (Å²) in [6.07, 6.45) is 1.30. The largest absolute Gasteiger partial charge is 0.388 e. The van der Waals surface area contributed by atoms with E-state index in [0.717, 1.165) is 6.42 Å². The third kappa shape index (κ3) is 5.67. The minimum absolute atomic E-state index is 0.469. The molecule has 0 aromatic heterocycles. The third-order valence-electron chi connectivity index (χ3n) is 1.40. The van der Waals surface area contributed by atoms with E-state index in [1.807, 2.05) is 0 Å². The molecule has 0 unspecified atom stereocenters. The van der Waals surface area contributed by atoms with Crippen molar-refractivity contribution in [3.8, 4) is 0 Å². The van der Waals surface area contributed by atoms with E-state index in [-0.39, 0.29) is 0 Å². The van der Waals surface area contributed by atoms with Crippen LogP contribution in [0, 0.1) is 0 Å². The molecule has 0 spiro atoms. The van der Waals surface area contributed by atoms with Crippen molar-refractivity contribution < 1.29 is 4.79 Å². The Morgan fingerprint density at radius 3 is 2.50 bits per heavy atom. The van der Waals surface area contributed by atoms with Crippen molar-refractivity contribution in [1.29, 1.82) is 0 Å². The number of amides is 1. The highest BCUT2D eigenvalue weighted by Gasteiger charge is 2.07. The van der Waals surface area contributed by atoms with Crippen LogP contribution in [-0.4, -0.2) is 24.3 Å². The van der Waals surface area contributed by atoms with Crippen molar-refractivity contribution in [3.63, 3.8) is 0 Å². The molecule has 0 saturated heterocycles. The Balaban J connectivity index is 3.44. The van der Waals surface area contributed by atoms with Gasteiger partial charge in [0.15, 0.2) is 0 Å². The third-order valence-corrected chi connectivity index (χ3v) is 1.40. The second-order valence-electron chi connectivity index (χ2n) is 2.67. The van der Waals surface area contributed by atoms with E-state index in [4.69, 9.17) is 17.2 Å². The van der Waals surface area contributed by atoms with Crippen molar-refractivity contribution >= 4 is 11.7 Å². The lowest BCUT2D eigenvalue weighted by Gasteiger charge is -2.04. The van der Waals surface area contributed by atoms with Gasteiger partial charge in [0.1, 0.15) is 0 Å². The maximum absolute atomic E-state index is 10.5. The van der Waals surface area contributed by atoms with Gasteiger partial charge in [0.05, 0.1) is 11.9 Å². The number of carbonyl (C=O) groups excluding carboxylic acids is 1. The average molecular weight is 172 g/mol. The molecule has 0 aliphatic heterocycles. The molecule has 5 heteroatoms. The van der Waals surface area contributed by atoms with E-state index in [1.54, 1.807) is 6.92 Å². The smallest absolute Gasteiger partial charge is 0.234 e. The van der Waals surface area contributed by atoms with Crippen LogP contribution in [0.5, 0.6) is 0 Å². The number of hydrogen-bond acceptors (Lipinski definition) is 3. The molecule has 1 atom stereocenters. The molecule has 6 N–H and O–H groups in total. The first-order chi connectivity index (χ1) is 5.54. The Morgan fingerprint density at radius 1 is 1.50 bits per heavy atom. The van der Waals surface area contributed by atoms with E-state index in [1.165, 1.54) is 0 Å². The molecular formula is C7H16N4O. The lowest BCUT2D eigenvalue weighted by molar-refractivity contribution is -0.119. The van der Waals surface area contributed by atoms with Gasteiger partial charge in [-0.05, 0) is 19.8 Å². The Labute approximate surface area is 72.0 Å². The first-order valence-corrected chi connectivity index (χ1v) is 3.85. The quantitative estimate of drug-likeness (QED) is 0.280. The molecule has 12 heavy (non-hydrogen) atoms. The zero-order valence-corrected chi connectivity index (χ0v) is 7.29. The number of rotatable bonds is 5. The summed E-state index contributed by atoms with van der Waals surface area (Å²) in [5.74, 6) is 0.0751. The minimum Gasteiger partial charge on any atom is -0.388 e. The van der Waals surface area contributed by atoms with Gasteiger partial charge in [0.2, 0.25) is 5.91 Å². The molecule has 0 aromatic carbocycles. The van der Waals surface area contributed by atoms with Crippen LogP contribution in [0.1, 0.15) is 19.8 Å². The normalized spacial score (nSPS) is 14.3. The summed E-state index contributed by atoms with van der Waals surface area (Å²) in [4.78, 5) is 14.4. The van der Waals surface area contributed by atoms with Crippen molar-refractivity contribution in [2.45, 2.75) is 25.8 Å². The molecule has 0 fully saturated rings. The molecule has 0 heterocycles. The van der Waals surface area contributed by atoms with Crippen molar-refractivity contribution in [2.75, 3.05) is 6.54 Å². The Kier molecular flexibility index (Phi) is 5.03. The Hall–Kier alpha value is -1.10. The second-order valence-corrected chi connectivity index (χ2v) is 2.67. The number of carbonyl (C=O) groups is 1. The maximum atomic E-state index is 10.5. The maximum Gasteiger partial charge on any atom is 0.234 e. The van der Waals surface area contributed by atoms with E-state index < -0.39 is 11.9 Å². The molecular weight excluding hydrogens is 156 g/mol. The van der Waals surface area contributed by atoms with Gasteiger partial charge >= 0.3 is 0 Å². The van der Waals surface area contributed by atoms with Crippen LogP contribution in [0.25, 0.3) is 0 Å². The van der Waals surface area contributed by atoms with Gasteiger partial charge < -0.3 is 17.2 Å². The molecule has 0 saturated carbocycles. The van der Waals surface area contributed by atoms with Crippen molar-refractivity contribution in [3.05, 3.63) is 0 Å². The SMILES string of the molecule is CC(N)=NCCC[C@H](N)C(N)=O. The lowest BCUT2D eigenvalue weighted by atomic mass is 10.1. The molecule has 0 rings (SSSR count). The van der Waals surface area contributed by atoms with Gasteiger partial charge in [-0.15, -0.1) is 0 Å². The fourth-order valence-electron chi connectivity index (χ4n) is 0.709. The summed E-state index contributed by atoms with van der Waals surface area (Å²) in [7, 11) is 0. The average Bonchev–Trinajstić information content (AvgIpc) is 1.97. The summed E-state index contributed by atoms with van der Waals surface area (Å²) < 4.78 is 0. The Morgan fingerprint density at radius 2 is 2.08 bits per heavy atom. The number of amidine groups is 1. The van der Waals surface area contributed by atoms with E-state index in [2.05, 4.69) is 4.99 Å². The van der Waals surface area contributed by atoms with Crippen LogP contribution < -0.4 is 17.2 Å². The molecule has 1 amide bonds. The zero-order chi connectivity index (χ0) is 9.56. The van der Waals surface area contributed by atoms with Gasteiger partial charge in [0.25, 0.3) is 0 Å². The molecule has 0 radical (unpaired) electrons. The number of hydrogen-bond donors (Lipinski definition) is 3. The molecule has 5 nitrogen and oxygen atoms in total. The van der Waals surface area contributed by atoms with Crippen LogP contribution in [0.4, 0.5) is 0 Å². The predicted octanol–water partition coefficient (Wildman–Crippen LogP) is -1.04. The van der Waals surface area contributed by atoms with Crippen molar-refractivity contribution in [1.82, 2.24) is 0 Å². The highest BCUT2D eigenvalue weighted by molar-refractivity contribution is 5.79. The van der Waals surface area contributed by atoms with Crippen LogP contribution in [0.3, 0.4) is 0 Å². The number of nitrogens with zero attached hydrogens (tertiary/aromatic N) is 1. The predicted molar refractivity (Wildman–Crippen MR) is 48.6 cm³/mol. The van der Waals surface area contributed by atoms with Crippen LogP contribution in [0.15, 0.2) is 4.99 Å². The van der Waals surface area contributed by atoms with Crippen molar-refractivity contribution in [2.24, 2.45) is 22.2 Å². The van der Waals surface area contributed by atoms with E-state index >= 15 is 0 Å². The van der Waals surface area contributed by atoms with Gasteiger partial charge in [0, 0.05) is 6.54 Å². The number of aliphatic imine (C=N–C) groups is 1. The van der Waals surface area contributed by atoms with Gasteiger partial charge in [-0.3, -0.25) is 9.79 Å². The van der Waals surface area contributed by atoms with Crippen LogP contribution in [0.2, 0.25) is 0 Å².